The van der Waals surface area contributed by atoms with Crippen LogP contribution in [0.5, 0.6) is 0 Å². The molecule has 0 aromatic heterocycles. The number of halogens is 1. The van der Waals surface area contributed by atoms with Crippen LogP contribution in [-0.2, 0) is 4.74 Å². The number of nitrogens with zero attached hydrogens (tertiary/aromatic N) is 1. The first-order valence-electron chi connectivity index (χ1n) is 7.48. The van der Waals surface area contributed by atoms with Crippen LogP contribution < -0.4 is 5.32 Å². The van der Waals surface area contributed by atoms with Gasteiger partial charge < -0.3 is 10.1 Å². The number of ether oxygens (including phenoxy) is 1. The highest BCUT2D eigenvalue weighted by molar-refractivity contribution is 9.10. The lowest BCUT2D eigenvalue weighted by molar-refractivity contribution is -0.0740. The van der Waals surface area contributed by atoms with E-state index in [1.165, 1.54) is 28.4 Å². The molecule has 1 aromatic rings. The second-order valence-corrected chi connectivity index (χ2v) is 6.74. The van der Waals surface area contributed by atoms with Gasteiger partial charge in [-0.1, -0.05) is 28.1 Å². The Balaban J connectivity index is 1.91. The Morgan fingerprint density at radius 1 is 1.40 bits per heavy atom. The smallest absolute Gasteiger partial charge is 0.0896 e. The lowest BCUT2D eigenvalue weighted by atomic mass is 9.96. The SMILES string of the molecule is CNCC1OCCN(C2CC2)C1c1ccc(Br)c(C)c1. The third kappa shape index (κ3) is 2.93. The van der Waals surface area contributed by atoms with E-state index in [2.05, 4.69) is 51.3 Å². The minimum Gasteiger partial charge on any atom is -0.374 e. The summed E-state index contributed by atoms with van der Waals surface area (Å²) in [6, 6.07) is 7.87. The van der Waals surface area contributed by atoms with Crippen molar-refractivity contribution in [2.45, 2.75) is 38.0 Å². The fourth-order valence-corrected chi connectivity index (χ4v) is 3.45. The second-order valence-electron chi connectivity index (χ2n) is 5.89. The highest BCUT2D eigenvalue weighted by Crippen LogP contribution is 2.39. The molecular formula is C16H23BrN2O. The number of likely N-dealkylation sites (N-methyl/N-ethyl adjacent to an activating group) is 1. The maximum Gasteiger partial charge on any atom is 0.0896 e. The van der Waals surface area contributed by atoms with E-state index in [1.807, 2.05) is 7.05 Å². The van der Waals surface area contributed by atoms with E-state index in [0.29, 0.717) is 6.04 Å². The van der Waals surface area contributed by atoms with Crippen LogP contribution in [-0.4, -0.2) is 43.8 Å². The van der Waals surface area contributed by atoms with Gasteiger partial charge in [0.2, 0.25) is 0 Å². The molecule has 1 saturated heterocycles. The standard InChI is InChI=1S/C16H23BrN2O/c1-11-9-12(3-6-14(11)17)16-15(10-18-2)20-8-7-19(16)13-4-5-13/h3,6,9,13,15-16,18H,4-5,7-8,10H2,1-2H3. The summed E-state index contributed by atoms with van der Waals surface area (Å²) in [5.74, 6) is 0. The molecule has 2 fully saturated rings. The third-order valence-electron chi connectivity index (χ3n) is 4.34. The Hall–Kier alpha value is -0.420. The van der Waals surface area contributed by atoms with Crippen LogP contribution in [0.2, 0.25) is 0 Å². The molecule has 2 atom stereocenters. The number of hydrogen-bond acceptors (Lipinski definition) is 3. The predicted octanol–water partition coefficient (Wildman–Crippen LogP) is 2.88. The van der Waals surface area contributed by atoms with Crippen molar-refractivity contribution in [1.29, 1.82) is 0 Å². The normalized spacial score (nSPS) is 27.8. The summed E-state index contributed by atoms with van der Waals surface area (Å²) in [7, 11) is 2.00. The summed E-state index contributed by atoms with van der Waals surface area (Å²) in [6.45, 7) is 4.98. The van der Waals surface area contributed by atoms with Crippen LogP contribution in [0.1, 0.15) is 30.0 Å². The van der Waals surface area contributed by atoms with Gasteiger partial charge in [-0.15, -0.1) is 0 Å². The molecular weight excluding hydrogens is 316 g/mol. The monoisotopic (exact) mass is 338 g/mol. The Bertz CT molecular complexity index is 474. The van der Waals surface area contributed by atoms with Gasteiger partial charge in [-0.3, -0.25) is 4.90 Å². The topological polar surface area (TPSA) is 24.5 Å². The first-order valence-corrected chi connectivity index (χ1v) is 8.28. The summed E-state index contributed by atoms with van der Waals surface area (Å²) in [5, 5.41) is 3.28. The predicted molar refractivity (Wildman–Crippen MR) is 85.0 cm³/mol. The molecule has 20 heavy (non-hydrogen) atoms. The van der Waals surface area contributed by atoms with Crippen LogP contribution in [0.3, 0.4) is 0 Å². The molecule has 0 spiro atoms. The largest absolute Gasteiger partial charge is 0.374 e. The van der Waals surface area contributed by atoms with E-state index in [1.54, 1.807) is 0 Å². The van der Waals surface area contributed by atoms with Gasteiger partial charge in [-0.05, 0) is 44.0 Å². The van der Waals surface area contributed by atoms with Crippen LogP contribution in [0.4, 0.5) is 0 Å². The van der Waals surface area contributed by atoms with Gasteiger partial charge in [0.05, 0.1) is 18.8 Å². The molecule has 2 aliphatic rings. The van der Waals surface area contributed by atoms with Gasteiger partial charge in [-0.2, -0.15) is 0 Å². The average molecular weight is 339 g/mol. The van der Waals surface area contributed by atoms with Gasteiger partial charge >= 0.3 is 0 Å². The molecule has 1 aliphatic heterocycles. The first-order chi connectivity index (χ1) is 9.70. The Morgan fingerprint density at radius 3 is 2.85 bits per heavy atom. The maximum atomic E-state index is 6.05. The molecule has 1 aromatic carbocycles. The first kappa shape index (κ1) is 14.5. The van der Waals surface area contributed by atoms with E-state index < -0.39 is 0 Å². The number of benzene rings is 1. The molecule has 3 nitrogen and oxygen atoms in total. The molecule has 3 rings (SSSR count). The number of hydrogen-bond donors (Lipinski definition) is 1. The molecule has 110 valence electrons. The van der Waals surface area contributed by atoms with Crippen molar-refractivity contribution < 1.29 is 4.74 Å². The van der Waals surface area contributed by atoms with Crippen LogP contribution >= 0.6 is 15.9 Å². The molecule has 1 N–H and O–H groups in total. The van der Waals surface area contributed by atoms with Crippen LogP contribution in [0.25, 0.3) is 0 Å². The molecule has 0 bridgehead atoms. The Morgan fingerprint density at radius 2 is 2.20 bits per heavy atom. The maximum absolute atomic E-state index is 6.05. The van der Waals surface area contributed by atoms with Gasteiger partial charge in [0, 0.05) is 23.6 Å². The quantitative estimate of drug-likeness (QED) is 0.913. The van der Waals surface area contributed by atoms with Gasteiger partial charge in [-0.25, -0.2) is 0 Å². The van der Waals surface area contributed by atoms with E-state index in [-0.39, 0.29) is 6.10 Å². The fraction of sp³-hybridized carbons (Fsp3) is 0.625. The minimum absolute atomic E-state index is 0.245. The molecule has 2 unspecified atom stereocenters. The zero-order valence-electron chi connectivity index (χ0n) is 12.2. The van der Waals surface area contributed by atoms with E-state index >= 15 is 0 Å². The number of rotatable bonds is 4. The molecule has 1 saturated carbocycles. The van der Waals surface area contributed by atoms with Crippen molar-refractivity contribution >= 4 is 15.9 Å². The summed E-state index contributed by atoms with van der Waals surface area (Å²) < 4.78 is 7.23. The van der Waals surface area contributed by atoms with E-state index in [4.69, 9.17) is 4.74 Å². The molecule has 0 amide bonds. The van der Waals surface area contributed by atoms with Gasteiger partial charge in [0.25, 0.3) is 0 Å². The Kier molecular flexibility index (Phi) is 4.46. The molecule has 4 heteroatoms. The second kappa shape index (κ2) is 6.14. The van der Waals surface area contributed by atoms with Gasteiger partial charge in [0.1, 0.15) is 0 Å². The average Bonchev–Trinajstić information content (AvgIpc) is 3.27. The lowest BCUT2D eigenvalue weighted by Gasteiger charge is -2.42. The number of morpholine rings is 1. The summed E-state index contributed by atoms with van der Waals surface area (Å²) in [6.07, 6.45) is 2.94. The fourth-order valence-electron chi connectivity index (χ4n) is 3.20. The van der Waals surface area contributed by atoms with Crippen molar-refractivity contribution in [3.63, 3.8) is 0 Å². The van der Waals surface area contributed by atoms with Crippen molar-refractivity contribution in [2.24, 2.45) is 0 Å². The zero-order valence-corrected chi connectivity index (χ0v) is 13.8. The van der Waals surface area contributed by atoms with E-state index in [0.717, 1.165) is 25.7 Å². The molecule has 1 aliphatic carbocycles. The van der Waals surface area contributed by atoms with Crippen LogP contribution in [0, 0.1) is 6.92 Å². The van der Waals surface area contributed by atoms with E-state index in [9.17, 15) is 0 Å². The minimum atomic E-state index is 0.245. The zero-order chi connectivity index (χ0) is 14.1. The summed E-state index contributed by atoms with van der Waals surface area (Å²) in [4.78, 5) is 2.66. The highest BCUT2D eigenvalue weighted by Gasteiger charge is 2.40. The number of aryl methyl sites for hydroxylation is 1. The Labute approximate surface area is 129 Å². The third-order valence-corrected chi connectivity index (χ3v) is 5.23. The van der Waals surface area contributed by atoms with Crippen molar-refractivity contribution in [3.05, 3.63) is 33.8 Å². The van der Waals surface area contributed by atoms with Crippen molar-refractivity contribution in [2.75, 3.05) is 26.7 Å². The summed E-state index contributed by atoms with van der Waals surface area (Å²) in [5.41, 5.74) is 2.68. The molecule has 0 radical (unpaired) electrons. The van der Waals surface area contributed by atoms with Gasteiger partial charge in [0.15, 0.2) is 0 Å². The van der Waals surface area contributed by atoms with Crippen LogP contribution in [0.15, 0.2) is 22.7 Å². The highest BCUT2D eigenvalue weighted by atomic mass is 79.9. The summed E-state index contributed by atoms with van der Waals surface area (Å²) >= 11 is 3.60. The van der Waals surface area contributed by atoms with Crippen molar-refractivity contribution in [1.82, 2.24) is 10.2 Å². The van der Waals surface area contributed by atoms with Crippen molar-refractivity contribution in [3.8, 4) is 0 Å². The molecule has 1 heterocycles. The lowest BCUT2D eigenvalue weighted by Crippen LogP contribution is -2.49. The number of nitrogens with one attached hydrogen (secondary N) is 1.